The van der Waals surface area contributed by atoms with E-state index in [1.54, 1.807) is 0 Å². The zero-order chi connectivity index (χ0) is 12.4. The minimum absolute atomic E-state index is 0.0642. The van der Waals surface area contributed by atoms with Crippen LogP contribution < -0.4 is 10.6 Å². The first kappa shape index (κ1) is 12.1. The molecule has 2 N–H and O–H groups in total. The number of anilines is 1. The molecule has 3 nitrogen and oxygen atoms in total. The number of fused-ring (bicyclic) bond motifs is 1. The molecular weight excluding hydrogens is 212 g/mol. The number of hydrogen-bond donors (Lipinski definition) is 2. The Hall–Kier alpha value is -1.35. The van der Waals surface area contributed by atoms with E-state index in [9.17, 15) is 4.79 Å². The summed E-state index contributed by atoms with van der Waals surface area (Å²) in [5.41, 5.74) is 3.33. The fourth-order valence-corrected chi connectivity index (χ4v) is 2.13. The molecule has 2 rings (SSSR count). The van der Waals surface area contributed by atoms with Crippen molar-refractivity contribution < 1.29 is 4.79 Å². The predicted molar refractivity (Wildman–Crippen MR) is 70.2 cm³/mol. The Labute approximate surface area is 103 Å². The van der Waals surface area contributed by atoms with Gasteiger partial charge in [-0.1, -0.05) is 32.9 Å². The van der Waals surface area contributed by atoms with Gasteiger partial charge < -0.3 is 10.6 Å². The highest BCUT2D eigenvalue weighted by Crippen LogP contribution is 2.33. The number of carbonyl (C=O) groups is 1. The van der Waals surface area contributed by atoms with E-state index < -0.39 is 0 Å². The molecule has 1 aromatic rings. The molecule has 0 fully saturated rings. The molecule has 0 saturated carbocycles. The van der Waals surface area contributed by atoms with Crippen molar-refractivity contribution in [2.75, 3.05) is 11.9 Å². The quantitative estimate of drug-likeness (QED) is 0.838. The van der Waals surface area contributed by atoms with Crippen molar-refractivity contribution in [3.63, 3.8) is 0 Å². The summed E-state index contributed by atoms with van der Waals surface area (Å²) in [7, 11) is 0. The first-order chi connectivity index (χ1) is 8.13. The molecule has 0 saturated heterocycles. The number of nitrogens with one attached hydrogen (secondary N) is 2. The van der Waals surface area contributed by atoms with Gasteiger partial charge in [-0.2, -0.15) is 0 Å². The lowest BCUT2D eigenvalue weighted by Gasteiger charge is -2.12. The summed E-state index contributed by atoms with van der Waals surface area (Å²) in [4.78, 5) is 11.8. The van der Waals surface area contributed by atoms with Crippen LogP contribution >= 0.6 is 0 Å². The van der Waals surface area contributed by atoms with Crippen LogP contribution in [-0.2, 0) is 4.79 Å². The third kappa shape index (κ3) is 2.34. The van der Waals surface area contributed by atoms with Gasteiger partial charge in [0.05, 0.1) is 0 Å². The van der Waals surface area contributed by atoms with Crippen molar-refractivity contribution in [3.8, 4) is 0 Å². The maximum absolute atomic E-state index is 11.8. The lowest BCUT2D eigenvalue weighted by molar-refractivity contribution is -0.117. The maximum Gasteiger partial charge on any atom is 0.246 e. The van der Waals surface area contributed by atoms with Crippen LogP contribution in [0.5, 0.6) is 0 Å². The van der Waals surface area contributed by atoms with E-state index in [1.165, 1.54) is 5.56 Å². The van der Waals surface area contributed by atoms with Crippen molar-refractivity contribution >= 4 is 11.6 Å². The van der Waals surface area contributed by atoms with Crippen LogP contribution in [0.4, 0.5) is 5.69 Å². The second-order valence-electron chi connectivity index (χ2n) is 4.88. The van der Waals surface area contributed by atoms with Crippen molar-refractivity contribution in [3.05, 3.63) is 29.3 Å². The number of amides is 1. The van der Waals surface area contributed by atoms with E-state index in [0.717, 1.165) is 24.2 Å². The van der Waals surface area contributed by atoms with Crippen LogP contribution in [0, 0.1) is 0 Å². The summed E-state index contributed by atoms with van der Waals surface area (Å²) < 4.78 is 0. The smallest absolute Gasteiger partial charge is 0.246 e. The van der Waals surface area contributed by atoms with E-state index >= 15 is 0 Å². The van der Waals surface area contributed by atoms with Crippen LogP contribution in [0.25, 0.3) is 0 Å². The Morgan fingerprint density at radius 1 is 1.41 bits per heavy atom. The molecule has 1 amide bonds. The van der Waals surface area contributed by atoms with Gasteiger partial charge in [0.25, 0.3) is 0 Å². The topological polar surface area (TPSA) is 41.1 Å². The van der Waals surface area contributed by atoms with Gasteiger partial charge in [-0.05, 0) is 30.5 Å². The molecule has 1 aromatic carbocycles. The van der Waals surface area contributed by atoms with Crippen LogP contribution in [-0.4, -0.2) is 12.5 Å². The third-order valence-corrected chi connectivity index (χ3v) is 3.17. The summed E-state index contributed by atoms with van der Waals surface area (Å²) in [5, 5.41) is 6.21. The van der Waals surface area contributed by atoms with Crippen molar-refractivity contribution in [1.82, 2.24) is 5.32 Å². The van der Waals surface area contributed by atoms with E-state index in [2.05, 4.69) is 43.5 Å². The first-order valence-electron chi connectivity index (χ1n) is 6.31. The molecule has 0 aliphatic carbocycles. The summed E-state index contributed by atoms with van der Waals surface area (Å²) in [6, 6.07) is 6.07. The van der Waals surface area contributed by atoms with Gasteiger partial charge in [0.1, 0.15) is 6.04 Å². The van der Waals surface area contributed by atoms with Gasteiger partial charge in [0, 0.05) is 11.3 Å². The third-order valence-electron chi connectivity index (χ3n) is 3.17. The summed E-state index contributed by atoms with van der Waals surface area (Å²) in [5.74, 6) is 0.553. The Morgan fingerprint density at radius 2 is 2.18 bits per heavy atom. The predicted octanol–water partition coefficient (Wildman–Crippen LogP) is 2.80. The first-order valence-corrected chi connectivity index (χ1v) is 6.31. The highest BCUT2D eigenvalue weighted by atomic mass is 16.2. The summed E-state index contributed by atoms with van der Waals surface area (Å²) in [6.07, 6.45) is 1.03. The Balaban J connectivity index is 2.29. The largest absolute Gasteiger partial charge is 0.324 e. The van der Waals surface area contributed by atoms with Crippen LogP contribution in [0.3, 0.4) is 0 Å². The number of benzene rings is 1. The minimum Gasteiger partial charge on any atom is -0.324 e. The monoisotopic (exact) mass is 232 g/mol. The molecule has 17 heavy (non-hydrogen) atoms. The Bertz CT molecular complexity index is 426. The molecule has 1 aliphatic rings. The molecule has 1 heterocycles. The van der Waals surface area contributed by atoms with Gasteiger partial charge in [-0.3, -0.25) is 4.79 Å². The summed E-state index contributed by atoms with van der Waals surface area (Å²) >= 11 is 0. The standard InChI is InChI=1S/C14H20N2O/c1-4-7-15-13-11-8-10(9(2)3)5-6-12(11)16-14(13)17/h5-6,8-9,13,15H,4,7H2,1-3H3,(H,16,17). The number of hydrogen-bond acceptors (Lipinski definition) is 2. The van der Waals surface area contributed by atoms with Gasteiger partial charge in [-0.25, -0.2) is 0 Å². The number of rotatable bonds is 4. The average molecular weight is 232 g/mol. The fraction of sp³-hybridized carbons (Fsp3) is 0.500. The summed E-state index contributed by atoms with van der Waals surface area (Å²) in [6.45, 7) is 7.30. The maximum atomic E-state index is 11.8. The number of carbonyl (C=O) groups excluding carboxylic acids is 1. The van der Waals surface area contributed by atoms with E-state index in [4.69, 9.17) is 0 Å². The molecule has 0 aromatic heterocycles. The SMILES string of the molecule is CCCNC1C(=O)Nc2ccc(C(C)C)cc21. The van der Waals surface area contributed by atoms with E-state index in [-0.39, 0.29) is 11.9 Å². The average Bonchev–Trinajstić information content (AvgIpc) is 2.61. The van der Waals surface area contributed by atoms with E-state index in [0.29, 0.717) is 5.92 Å². The fourth-order valence-electron chi connectivity index (χ4n) is 2.13. The van der Waals surface area contributed by atoms with Gasteiger partial charge >= 0.3 is 0 Å². The minimum atomic E-state index is -0.177. The van der Waals surface area contributed by atoms with Gasteiger partial charge in [0.15, 0.2) is 0 Å². The van der Waals surface area contributed by atoms with Gasteiger partial charge in [-0.15, -0.1) is 0 Å². The lowest BCUT2D eigenvalue weighted by Crippen LogP contribution is -2.28. The Morgan fingerprint density at radius 3 is 2.82 bits per heavy atom. The molecule has 0 spiro atoms. The molecule has 1 aliphatic heterocycles. The molecular formula is C14H20N2O. The van der Waals surface area contributed by atoms with Crippen molar-refractivity contribution in [1.29, 1.82) is 0 Å². The zero-order valence-corrected chi connectivity index (χ0v) is 10.7. The molecule has 0 radical (unpaired) electrons. The molecule has 1 unspecified atom stereocenters. The highest BCUT2D eigenvalue weighted by molar-refractivity contribution is 6.02. The van der Waals surface area contributed by atoms with Crippen LogP contribution in [0.2, 0.25) is 0 Å². The van der Waals surface area contributed by atoms with Crippen molar-refractivity contribution in [2.45, 2.75) is 39.2 Å². The van der Waals surface area contributed by atoms with Gasteiger partial charge in [0.2, 0.25) is 5.91 Å². The molecule has 3 heteroatoms. The Kier molecular flexibility index (Phi) is 3.48. The second kappa shape index (κ2) is 4.88. The zero-order valence-electron chi connectivity index (χ0n) is 10.7. The molecule has 0 bridgehead atoms. The van der Waals surface area contributed by atoms with E-state index in [1.807, 2.05) is 6.07 Å². The van der Waals surface area contributed by atoms with Crippen molar-refractivity contribution in [2.24, 2.45) is 0 Å². The highest BCUT2D eigenvalue weighted by Gasteiger charge is 2.29. The second-order valence-corrected chi connectivity index (χ2v) is 4.88. The van der Waals surface area contributed by atoms with Crippen LogP contribution in [0.15, 0.2) is 18.2 Å². The molecule has 92 valence electrons. The normalized spacial score (nSPS) is 18.4. The lowest BCUT2D eigenvalue weighted by atomic mass is 9.98. The van der Waals surface area contributed by atoms with Crippen LogP contribution in [0.1, 0.15) is 50.3 Å². The molecule has 1 atom stereocenters.